The van der Waals surface area contributed by atoms with Gasteiger partial charge in [-0.3, -0.25) is 9.59 Å². The van der Waals surface area contributed by atoms with Gasteiger partial charge >= 0.3 is 12.1 Å². The minimum atomic E-state index is -4.46. The van der Waals surface area contributed by atoms with E-state index < -0.39 is 23.1 Å². The standard InChI is InChI=1S/C17H20F3NO3/c1-21(10-7-14(22)23)15(24)16(8-2-3-9-16)12-5-4-6-13(11-12)17(18,19)20/h4-6,11H,2-3,7-10H2,1H3,(H,22,23). The van der Waals surface area contributed by atoms with E-state index in [1.165, 1.54) is 18.0 Å². The maximum Gasteiger partial charge on any atom is 0.416 e. The van der Waals surface area contributed by atoms with Crippen molar-refractivity contribution in [1.82, 2.24) is 4.90 Å². The van der Waals surface area contributed by atoms with Crippen LogP contribution in [-0.4, -0.2) is 35.5 Å². The second kappa shape index (κ2) is 6.83. The van der Waals surface area contributed by atoms with E-state index >= 15 is 0 Å². The number of carbonyl (C=O) groups excluding carboxylic acids is 1. The molecule has 0 heterocycles. The molecule has 1 aliphatic rings. The van der Waals surface area contributed by atoms with Gasteiger partial charge in [-0.15, -0.1) is 0 Å². The fourth-order valence-electron chi connectivity index (χ4n) is 3.33. The largest absolute Gasteiger partial charge is 0.481 e. The van der Waals surface area contributed by atoms with Gasteiger partial charge in [0.1, 0.15) is 0 Å². The van der Waals surface area contributed by atoms with E-state index in [1.807, 2.05) is 0 Å². The first-order valence-electron chi connectivity index (χ1n) is 7.82. The number of likely N-dealkylation sites (N-methyl/N-ethyl adjacent to an activating group) is 1. The van der Waals surface area contributed by atoms with E-state index in [-0.39, 0.29) is 18.9 Å². The molecule has 2 rings (SSSR count). The van der Waals surface area contributed by atoms with Gasteiger partial charge < -0.3 is 10.0 Å². The lowest BCUT2D eigenvalue weighted by atomic mass is 9.77. The first kappa shape index (κ1) is 18.3. The van der Waals surface area contributed by atoms with Gasteiger partial charge in [0.15, 0.2) is 0 Å². The Morgan fingerprint density at radius 1 is 1.25 bits per heavy atom. The molecule has 0 unspecified atom stereocenters. The molecule has 1 aromatic rings. The second-order valence-electron chi connectivity index (χ2n) is 6.24. The molecule has 0 saturated heterocycles. The Morgan fingerprint density at radius 3 is 2.42 bits per heavy atom. The quantitative estimate of drug-likeness (QED) is 0.891. The second-order valence-corrected chi connectivity index (χ2v) is 6.24. The van der Waals surface area contributed by atoms with Crippen molar-refractivity contribution in [2.24, 2.45) is 0 Å². The number of aliphatic carboxylic acids is 1. The summed E-state index contributed by atoms with van der Waals surface area (Å²) in [5.74, 6) is -1.32. The molecule has 0 atom stereocenters. The predicted molar refractivity (Wildman–Crippen MR) is 81.5 cm³/mol. The van der Waals surface area contributed by atoms with Crippen LogP contribution in [0.3, 0.4) is 0 Å². The zero-order chi connectivity index (χ0) is 18.0. The average Bonchev–Trinajstić information content (AvgIpc) is 3.02. The molecule has 7 heteroatoms. The maximum atomic E-state index is 13.0. The molecule has 0 spiro atoms. The molecule has 1 amide bonds. The van der Waals surface area contributed by atoms with Gasteiger partial charge in [-0.2, -0.15) is 13.2 Å². The lowest BCUT2D eigenvalue weighted by Crippen LogP contribution is -2.44. The van der Waals surface area contributed by atoms with E-state index in [2.05, 4.69) is 0 Å². The Labute approximate surface area is 138 Å². The SMILES string of the molecule is CN(CCC(=O)O)C(=O)C1(c2cccc(C(F)(F)F)c2)CCCC1. The summed E-state index contributed by atoms with van der Waals surface area (Å²) in [6.07, 6.45) is -2.19. The van der Waals surface area contributed by atoms with Gasteiger partial charge in [0.2, 0.25) is 5.91 Å². The molecular formula is C17H20F3NO3. The number of hydrogen-bond acceptors (Lipinski definition) is 2. The van der Waals surface area contributed by atoms with Crippen LogP contribution in [0.4, 0.5) is 13.2 Å². The molecule has 1 fully saturated rings. The number of rotatable bonds is 5. The van der Waals surface area contributed by atoms with Crippen molar-refractivity contribution in [3.05, 3.63) is 35.4 Å². The Bertz CT molecular complexity index is 622. The number of nitrogens with zero attached hydrogens (tertiary/aromatic N) is 1. The number of alkyl halides is 3. The highest BCUT2D eigenvalue weighted by Gasteiger charge is 2.45. The smallest absolute Gasteiger partial charge is 0.416 e. The van der Waals surface area contributed by atoms with E-state index in [0.717, 1.165) is 25.0 Å². The van der Waals surface area contributed by atoms with Crippen molar-refractivity contribution in [3.63, 3.8) is 0 Å². The van der Waals surface area contributed by atoms with Crippen LogP contribution in [0.15, 0.2) is 24.3 Å². The molecule has 0 radical (unpaired) electrons. The lowest BCUT2D eigenvalue weighted by molar-refractivity contribution is -0.141. The molecule has 0 bridgehead atoms. The van der Waals surface area contributed by atoms with Gasteiger partial charge in [0, 0.05) is 13.6 Å². The highest BCUT2D eigenvalue weighted by atomic mass is 19.4. The molecular weight excluding hydrogens is 323 g/mol. The summed E-state index contributed by atoms with van der Waals surface area (Å²) < 4.78 is 39.0. The minimum Gasteiger partial charge on any atom is -0.481 e. The summed E-state index contributed by atoms with van der Waals surface area (Å²) in [6.45, 7) is 0.0366. The van der Waals surface area contributed by atoms with Crippen LogP contribution in [0.5, 0.6) is 0 Å². The summed E-state index contributed by atoms with van der Waals surface area (Å²) in [6, 6.07) is 4.92. The zero-order valence-corrected chi connectivity index (χ0v) is 13.4. The number of benzene rings is 1. The zero-order valence-electron chi connectivity index (χ0n) is 13.4. The van der Waals surface area contributed by atoms with Crippen LogP contribution in [0.25, 0.3) is 0 Å². The van der Waals surface area contributed by atoms with Gasteiger partial charge in [-0.05, 0) is 24.5 Å². The topological polar surface area (TPSA) is 57.6 Å². The van der Waals surface area contributed by atoms with Crippen molar-refractivity contribution in [3.8, 4) is 0 Å². The molecule has 132 valence electrons. The van der Waals surface area contributed by atoms with Crippen molar-refractivity contribution < 1.29 is 27.9 Å². The fourth-order valence-corrected chi connectivity index (χ4v) is 3.33. The van der Waals surface area contributed by atoms with Crippen molar-refractivity contribution in [2.75, 3.05) is 13.6 Å². The number of carboxylic acid groups (broad SMARTS) is 1. The van der Waals surface area contributed by atoms with Crippen LogP contribution in [0, 0.1) is 0 Å². The number of hydrogen-bond donors (Lipinski definition) is 1. The normalized spacial score (nSPS) is 16.8. The van der Waals surface area contributed by atoms with E-state index in [0.29, 0.717) is 18.4 Å². The minimum absolute atomic E-state index is 0.0366. The molecule has 4 nitrogen and oxygen atoms in total. The number of amides is 1. The van der Waals surface area contributed by atoms with Crippen molar-refractivity contribution >= 4 is 11.9 Å². The van der Waals surface area contributed by atoms with Crippen LogP contribution in [-0.2, 0) is 21.2 Å². The Kier molecular flexibility index (Phi) is 5.20. The average molecular weight is 343 g/mol. The number of carbonyl (C=O) groups is 2. The van der Waals surface area contributed by atoms with Gasteiger partial charge in [-0.1, -0.05) is 31.0 Å². The van der Waals surface area contributed by atoms with Crippen LogP contribution in [0.2, 0.25) is 0 Å². The van der Waals surface area contributed by atoms with Gasteiger partial charge in [0.25, 0.3) is 0 Å². The summed E-state index contributed by atoms with van der Waals surface area (Å²) in [5.41, 5.74) is -1.40. The fraction of sp³-hybridized carbons (Fsp3) is 0.529. The molecule has 1 N–H and O–H groups in total. The lowest BCUT2D eigenvalue weighted by Gasteiger charge is -2.33. The number of halogens is 3. The molecule has 24 heavy (non-hydrogen) atoms. The summed E-state index contributed by atoms with van der Waals surface area (Å²) in [7, 11) is 1.50. The van der Waals surface area contributed by atoms with Gasteiger partial charge in [0.05, 0.1) is 17.4 Å². The molecule has 0 aromatic heterocycles. The van der Waals surface area contributed by atoms with Crippen molar-refractivity contribution in [1.29, 1.82) is 0 Å². The third-order valence-corrected chi connectivity index (χ3v) is 4.62. The summed E-state index contributed by atoms with van der Waals surface area (Å²) in [5, 5.41) is 8.75. The van der Waals surface area contributed by atoms with Crippen LogP contribution in [0.1, 0.15) is 43.2 Å². The first-order chi connectivity index (χ1) is 11.2. The maximum absolute atomic E-state index is 13.0. The highest BCUT2D eigenvalue weighted by Crippen LogP contribution is 2.44. The Hall–Kier alpha value is -2.05. The molecule has 1 aliphatic carbocycles. The van der Waals surface area contributed by atoms with E-state index in [1.54, 1.807) is 6.07 Å². The van der Waals surface area contributed by atoms with E-state index in [4.69, 9.17) is 5.11 Å². The summed E-state index contributed by atoms with van der Waals surface area (Å²) in [4.78, 5) is 24.9. The predicted octanol–water partition coefficient (Wildman–Crippen LogP) is 3.45. The molecule has 0 aliphatic heterocycles. The first-order valence-corrected chi connectivity index (χ1v) is 7.82. The number of carboxylic acids is 1. The summed E-state index contributed by atoms with van der Waals surface area (Å²) >= 11 is 0. The monoisotopic (exact) mass is 343 g/mol. The molecule has 1 saturated carbocycles. The van der Waals surface area contributed by atoms with Crippen LogP contribution >= 0.6 is 0 Å². The van der Waals surface area contributed by atoms with Crippen LogP contribution < -0.4 is 0 Å². The highest BCUT2D eigenvalue weighted by molar-refractivity contribution is 5.88. The third-order valence-electron chi connectivity index (χ3n) is 4.62. The molecule has 1 aromatic carbocycles. The Morgan fingerprint density at radius 2 is 1.88 bits per heavy atom. The van der Waals surface area contributed by atoms with Crippen molar-refractivity contribution in [2.45, 2.75) is 43.7 Å². The third kappa shape index (κ3) is 3.71. The van der Waals surface area contributed by atoms with E-state index in [9.17, 15) is 22.8 Å². The Balaban J connectivity index is 2.34. The van der Waals surface area contributed by atoms with Gasteiger partial charge in [-0.25, -0.2) is 0 Å².